The Hall–Kier alpha value is -1.35. The fraction of sp³-hybridized carbons (Fsp3) is 0.417. The number of hydrogen-bond acceptors (Lipinski definition) is 3. The number of rotatable bonds is 5. The Balaban J connectivity index is 2.44. The van der Waals surface area contributed by atoms with Crippen LogP contribution in [0, 0.1) is 0 Å². The van der Waals surface area contributed by atoms with E-state index in [-0.39, 0.29) is 12.0 Å². The van der Waals surface area contributed by atoms with Crippen LogP contribution in [0.4, 0.5) is 0 Å². The highest BCUT2D eigenvalue weighted by Gasteiger charge is 2.15. The van der Waals surface area contributed by atoms with Gasteiger partial charge in [0.05, 0.1) is 7.11 Å². The lowest BCUT2D eigenvalue weighted by atomic mass is 10.2. The van der Waals surface area contributed by atoms with Crippen molar-refractivity contribution in [3.8, 4) is 0 Å². The monoisotopic (exact) mass is 207 g/mol. The second-order valence-corrected chi connectivity index (χ2v) is 3.35. The molecule has 0 bridgehead atoms. The first-order valence-electron chi connectivity index (χ1n) is 5.13. The van der Waals surface area contributed by atoms with Crippen molar-refractivity contribution in [3.05, 3.63) is 35.9 Å². The largest absolute Gasteiger partial charge is 0.468 e. The molecule has 0 aliphatic heterocycles. The zero-order chi connectivity index (χ0) is 11.1. The number of benzene rings is 1. The molecule has 0 radical (unpaired) electrons. The Morgan fingerprint density at radius 3 is 2.60 bits per heavy atom. The lowest BCUT2D eigenvalue weighted by Crippen LogP contribution is -2.36. The molecule has 1 aromatic carbocycles. The maximum atomic E-state index is 11.3. The van der Waals surface area contributed by atoms with Crippen molar-refractivity contribution in [1.82, 2.24) is 5.32 Å². The molecule has 0 saturated carbocycles. The van der Waals surface area contributed by atoms with E-state index >= 15 is 0 Å². The van der Waals surface area contributed by atoms with E-state index in [1.165, 1.54) is 12.7 Å². The molecule has 1 N–H and O–H groups in total. The van der Waals surface area contributed by atoms with Crippen molar-refractivity contribution in [3.63, 3.8) is 0 Å². The van der Waals surface area contributed by atoms with E-state index in [0.29, 0.717) is 6.54 Å². The summed E-state index contributed by atoms with van der Waals surface area (Å²) in [7, 11) is 1.41. The standard InChI is InChI=1S/C12H17NO2/c1-3-11(12(14)15-2)13-9-10-7-5-4-6-8-10/h4-8,11,13H,3,9H2,1-2H3/t11-/m1/s1. The van der Waals surface area contributed by atoms with Crippen molar-refractivity contribution >= 4 is 5.97 Å². The maximum Gasteiger partial charge on any atom is 0.322 e. The van der Waals surface area contributed by atoms with Gasteiger partial charge in [-0.05, 0) is 12.0 Å². The molecule has 1 atom stereocenters. The fourth-order valence-corrected chi connectivity index (χ4v) is 1.37. The summed E-state index contributed by atoms with van der Waals surface area (Å²) in [5, 5.41) is 3.16. The van der Waals surface area contributed by atoms with E-state index in [2.05, 4.69) is 5.32 Å². The van der Waals surface area contributed by atoms with Gasteiger partial charge in [0.2, 0.25) is 0 Å². The predicted octanol–water partition coefficient (Wildman–Crippen LogP) is 1.73. The van der Waals surface area contributed by atoms with Crippen molar-refractivity contribution in [2.75, 3.05) is 7.11 Å². The normalized spacial score (nSPS) is 12.1. The second kappa shape index (κ2) is 6.19. The van der Waals surface area contributed by atoms with Crippen molar-refractivity contribution < 1.29 is 9.53 Å². The highest BCUT2D eigenvalue weighted by Crippen LogP contribution is 2.00. The first-order chi connectivity index (χ1) is 7.27. The van der Waals surface area contributed by atoms with Crippen molar-refractivity contribution in [1.29, 1.82) is 0 Å². The van der Waals surface area contributed by atoms with Crippen LogP contribution >= 0.6 is 0 Å². The summed E-state index contributed by atoms with van der Waals surface area (Å²) in [6, 6.07) is 9.77. The first-order valence-corrected chi connectivity index (χ1v) is 5.13. The van der Waals surface area contributed by atoms with Gasteiger partial charge in [-0.15, -0.1) is 0 Å². The molecule has 0 spiro atoms. The van der Waals surface area contributed by atoms with Gasteiger partial charge in [0, 0.05) is 6.54 Å². The van der Waals surface area contributed by atoms with E-state index in [0.717, 1.165) is 6.42 Å². The number of nitrogens with one attached hydrogen (secondary N) is 1. The minimum absolute atomic E-state index is 0.201. The molecule has 0 saturated heterocycles. The third-order valence-corrected chi connectivity index (χ3v) is 2.29. The third kappa shape index (κ3) is 3.72. The van der Waals surface area contributed by atoms with Gasteiger partial charge in [-0.2, -0.15) is 0 Å². The van der Waals surface area contributed by atoms with Crippen LogP contribution in [-0.2, 0) is 16.1 Å². The summed E-state index contributed by atoms with van der Waals surface area (Å²) in [6.45, 7) is 2.65. The lowest BCUT2D eigenvalue weighted by molar-refractivity contribution is -0.143. The molecule has 0 aromatic heterocycles. The molecule has 3 nitrogen and oxygen atoms in total. The topological polar surface area (TPSA) is 38.3 Å². The lowest BCUT2D eigenvalue weighted by Gasteiger charge is -2.14. The van der Waals surface area contributed by atoms with Gasteiger partial charge in [0.1, 0.15) is 6.04 Å². The average molecular weight is 207 g/mol. The summed E-state index contributed by atoms with van der Waals surface area (Å²) in [6.07, 6.45) is 0.736. The van der Waals surface area contributed by atoms with Gasteiger partial charge in [-0.3, -0.25) is 4.79 Å². The Kier molecular flexibility index (Phi) is 4.84. The Morgan fingerprint density at radius 1 is 1.40 bits per heavy atom. The number of hydrogen-bond donors (Lipinski definition) is 1. The van der Waals surface area contributed by atoms with E-state index in [4.69, 9.17) is 4.74 Å². The van der Waals surface area contributed by atoms with Gasteiger partial charge in [-0.1, -0.05) is 37.3 Å². The smallest absolute Gasteiger partial charge is 0.322 e. The first kappa shape index (κ1) is 11.7. The van der Waals surface area contributed by atoms with Crippen LogP contribution in [0.3, 0.4) is 0 Å². The van der Waals surface area contributed by atoms with Crippen LogP contribution in [0.5, 0.6) is 0 Å². The van der Waals surface area contributed by atoms with Gasteiger partial charge >= 0.3 is 5.97 Å². The van der Waals surface area contributed by atoms with Gasteiger partial charge in [0.25, 0.3) is 0 Å². The molecule has 0 aliphatic carbocycles. The molecule has 0 fully saturated rings. The van der Waals surface area contributed by atoms with Crippen LogP contribution in [0.2, 0.25) is 0 Å². The van der Waals surface area contributed by atoms with Gasteiger partial charge in [-0.25, -0.2) is 0 Å². The molecule has 0 amide bonds. The number of methoxy groups -OCH3 is 1. The minimum Gasteiger partial charge on any atom is -0.468 e. The molecular formula is C12H17NO2. The zero-order valence-electron chi connectivity index (χ0n) is 9.19. The molecule has 0 heterocycles. The summed E-state index contributed by atoms with van der Waals surface area (Å²) in [5.74, 6) is -0.201. The Morgan fingerprint density at radius 2 is 2.07 bits per heavy atom. The van der Waals surface area contributed by atoms with Crippen LogP contribution in [0.1, 0.15) is 18.9 Å². The zero-order valence-corrected chi connectivity index (χ0v) is 9.19. The van der Waals surface area contributed by atoms with Crippen LogP contribution in [0.15, 0.2) is 30.3 Å². The molecule has 1 rings (SSSR count). The number of esters is 1. The van der Waals surface area contributed by atoms with E-state index in [1.54, 1.807) is 0 Å². The van der Waals surface area contributed by atoms with Crippen LogP contribution in [-0.4, -0.2) is 19.1 Å². The summed E-state index contributed by atoms with van der Waals surface area (Å²) in [4.78, 5) is 11.3. The molecule has 0 unspecified atom stereocenters. The molecule has 1 aromatic rings. The van der Waals surface area contributed by atoms with Gasteiger partial charge in [0.15, 0.2) is 0 Å². The van der Waals surface area contributed by atoms with E-state index < -0.39 is 0 Å². The number of carbonyl (C=O) groups is 1. The molecule has 0 aliphatic rings. The Labute approximate surface area is 90.4 Å². The summed E-state index contributed by atoms with van der Waals surface area (Å²) >= 11 is 0. The van der Waals surface area contributed by atoms with E-state index in [9.17, 15) is 4.79 Å². The van der Waals surface area contributed by atoms with Crippen LogP contribution in [0.25, 0.3) is 0 Å². The number of ether oxygens (including phenoxy) is 1. The SMILES string of the molecule is CC[C@@H](NCc1ccccc1)C(=O)OC. The highest BCUT2D eigenvalue weighted by atomic mass is 16.5. The quantitative estimate of drug-likeness (QED) is 0.747. The molecule has 15 heavy (non-hydrogen) atoms. The van der Waals surface area contributed by atoms with Gasteiger partial charge < -0.3 is 10.1 Å². The van der Waals surface area contributed by atoms with Crippen molar-refractivity contribution in [2.45, 2.75) is 25.9 Å². The molecular weight excluding hydrogens is 190 g/mol. The predicted molar refractivity (Wildman–Crippen MR) is 59.4 cm³/mol. The Bertz CT molecular complexity index is 298. The fourth-order valence-electron chi connectivity index (χ4n) is 1.37. The van der Waals surface area contributed by atoms with Crippen LogP contribution < -0.4 is 5.32 Å². The highest BCUT2D eigenvalue weighted by molar-refractivity contribution is 5.75. The molecule has 82 valence electrons. The summed E-state index contributed by atoms with van der Waals surface area (Å²) < 4.78 is 4.69. The average Bonchev–Trinajstić information content (AvgIpc) is 2.31. The summed E-state index contributed by atoms with van der Waals surface area (Å²) in [5.41, 5.74) is 1.17. The number of carbonyl (C=O) groups excluding carboxylic acids is 1. The molecule has 3 heteroatoms. The van der Waals surface area contributed by atoms with Crippen molar-refractivity contribution in [2.24, 2.45) is 0 Å². The third-order valence-electron chi connectivity index (χ3n) is 2.29. The second-order valence-electron chi connectivity index (χ2n) is 3.35. The minimum atomic E-state index is -0.213. The maximum absolute atomic E-state index is 11.3. The van der Waals surface area contributed by atoms with E-state index in [1.807, 2.05) is 37.3 Å².